The topological polar surface area (TPSA) is 34.0 Å². The molecule has 0 aliphatic rings. The summed E-state index contributed by atoms with van der Waals surface area (Å²) in [4.78, 5) is 12.4. The Labute approximate surface area is 144 Å². The predicted octanol–water partition coefficient (Wildman–Crippen LogP) is 4.90. The van der Waals surface area contributed by atoms with E-state index < -0.39 is 0 Å². The first-order chi connectivity index (χ1) is 11.6. The zero-order valence-corrected chi connectivity index (χ0v) is 13.6. The van der Waals surface area contributed by atoms with Crippen molar-refractivity contribution < 1.29 is 9.18 Å². The van der Waals surface area contributed by atoms with Gasteiger partial charge < -0.3 is 9.88 Å². The Balaban J connectivity index is 1.79. The van der Waals surface area contributed by atoms with Gasteiger partial charge in [-0.25, -0.2) is 4.39 Å². The number of nitrogens with zero attached hydrogens (tertiary/aromatic N) is 1. The van der Waals surface area contributed by atoms with Crippen molar-refractivity contribution in [2.75, 3.05) is 5.32 Å². The van der Waals surface area contributed by atoms with Crippen LogP contribution in [0.3, 0.4) is 0 Å². The molecule has 1 unspecified atom stereocenters. The molecular weight excluding hydrogens is 327 g/mol. The van der Waals surface area contributed by atoms with E-state index in [-0.39, 0.29) is 24.2 Å². The van der Waals surface area contributed by atoms with Gasteiger partial charge >= 0.3 is 0 Å². The first-order valence-corrected chi connectivity index (χ1v) is 7.93. The van der Waals surface area contributed by atoms with Gasteiger partial charge in [0.15, 0.2) is 0 Å². The number of nitrogens with one attached hydrogen (secondary N) is 1. The molecule has 24 heavy (non-hydrogen) atoms. The van der Waals surface area contributed by atoms with Gasteiger partial charge in [0.1, 0.15) is 5.82 Å². The van der Waals surface area contributed by atoms with Crippen LogP contribution in [0.1, 0.15) is 18.0 Å². The lowest BCUT2D eigenvalue weighted by molar-refractivity contribution is -0.116. The Morgan fingerprint density at radius 3 is 2.46 bits per heavy atom. The standard InChI is InChI=1S/C19H16ClFN2O/c20-15-6-8-17(9-7-15)22-19(24)13-18(23-10-1-2-11-23)14-4-3-5-16(21)12-14/h1-12,18H,13H2,(H,22,24). The van der Waals surface area contributed by atoms with Crippen molar-refractivity contribution >= 4 is 23.2 Å². The molecule has 0 saturated carbocycles. The van der Waals surface area contributed by atoms with Crippen LogP contribution in [0.4, 0.5) is 10.1 Å². The highest BCUT2D eigenvalue weighted by atomic mass is 35.5. The maximum absolute atomic E-state index is 13.6. The van der Waals surface area contributed by atoms with Gasteiger partial charge in [0, 0.05) is 23.1 Å². The lowest BCUT2D eigenvalue weighted by Crippen LogP contribution is -2.19. The van der Waals surface area contributed by atoms with Crippen LogP contribution in [0.5, 0.6) is 0 Å². The fourth-order valence-corrected chi connectivity index (χ4v) is 2.71. The first kappa shape index (κ1) is 16.3. The largest absolute Gasteiger partial charge is 0.346 e. The van der Waals surface area contributed by atoms with Gasteiger partial charge in [-0.2, -0.15) is 0 Å². The van der Waals surface area contributed by atoms with Crippen LogP contribution in [-0.2, 0) is 4.79 Å². The highest BCUT2D eigenvalue weighted by Gasteiger charge is 2.18. The van der Waals surface area contributed by atoms with Crippen molar-refractivity contribution in [3.05, 3.63) is 89.5 Å². The summed E-state index contributed by atoms with van der Waals surface area (Å²) < 4.78 is 15.5. The number of carbonyl (C=O) groups is 1. The Hall–Kier alpha value is -2.59. The summed E-state index contributed by atoms with van der Waals surface area (Å²) in [7, 11) is 0. The van der Waals surface area contributed by atoms with E-state index in [1.54, 1.807) is 30.3 Å². The van der Waals surface area contributed by atoms with Gasteiger partial charge in [0.05, 0.1) is 12.5 Å². The molecule has 0 saturated heterocycles. The zero-order valence-electron chi connectivity index (χ0n) is 12.8. The molecule has 1 heterocycles. The third kappa shape index (κ3) is 4.03. The van der Waals surface area contributed by atoms with Crippen LogP contribution < -0.4 is 5.32 Å². The van der Waals surface area contributed by atoms with E-state index in [9.17, 15) is 9.18 Å². The van der Waals surface area contributed by atoms with Crippen LogP contribution in [0.2, 0.25) is 5.02 Å². The van der Waals surface area contributed by atoms with Gasteiger partial charge in [-0.15, -0.1) is 0 Å². The molecule has 3 rings (SSSR count). The summed E-state index contributed by atoms with van der Waals surface area (Å²) in [5.74, 6) is -0.469. The second kappa shape index (κ2) is 7.32. The number of carbonyl (C=O) groups excluding carboxylic acids is 1. The SMILES string of the molecule is O=C(CC(c1cccc(F)c1)n1cccc1)Nc1ccc(Cl)cc1. The van der Waals surface area contributed by atoms with Crippen LogP contribution >= 0.6 is 11.6 Å². The lowest BCUT2D eigenvalue weighted by atomic mass is 10.0. The third-order valence-electron chi connectivity index (χ3n) is 3.73. The molecule has 0 aliphatic heterocycles. The molecule has 0 fully saturated rings. The first-order valence-electron chi connectivity index (χ1n) is 7.55. The highest BCUT2D eigenvalue weighted by molar-refractivity contribution is 6.30. The minimum atomic E-state index is -0.317. The smallest absolute Gasteiger partial charge is 0.226 e. The van der Waals surface area contributed by atoms with Crippen molar-refractivity contribution in [3.63, 3.8) is 0 Å². The Kier molecular flexibility index (Phi) is 4.96. The summed E-state index contributed by atoms with van der Waals surface area (Å²) in [6, 6.07) is 16.7. The Bertz CT molecular complexity index is 816. The van der Waals surface area contributed by atoms with Crippen LogP contribution in [-0.4, -0.2) is 10.5 Å². The summed E-state index contributed by atoms with van der Waals surface area (Å²) in [5.41, 5.74) is 1.42. The lowest BCUT2D eigenvalue weighted by Gasteiger charge is -2.19. The summed E-state index contributed by atoms with van der Waals surface area (Å²) >= 11 is 5.84. The van der Waals surface area contributed by atoms with E-state index in [1.165, 1.54) is 12.1 Å². The molecule has 2 aromatic carbocycles. The van der Waals surface area contributed by atoms with E-state index >= 15 is 0 Å². The van der Waals surface area contributed by atoms with Gasteiger partial charge in [-0.1, -0.05) is 23.7 Å². The minimum Gasteiger partial charge on any atom is -0.346 e. The molecule has 3 aromatic rings. The number of benzene rings is 2. The Morgan fingerprint density at radius 1 is 1.08 bits per heavy atom. The monoisotopic (exact) mass is 342 g/mol. The van der Waals surface area contributed by atoms with E-state index in [1.807, 2.05) is 35.2 Å². The fraction of sp³-hybridized carbons (Fsp3) is 0.105. The number of amides is 1. The number of hydrogen-bond donors (Lipinski definition) is 1. The number of hydrogen-bond acceptors (Lipinski definition) is 1. The van der Waals surface area contributed by atoms with Crippen LogP contribution in [0.15, 0.2) is 73.1 Å². The molecule has 3 nitrogen and oxygen atoms in total. The molecule has 0 aliphatic carbocycles. The van der Waals surface area contributed by atoms with Gasteiger partial charge in [0.25, 0.3) is 0 Å². The predicted molar refractivity (Wildman–Crippen MR) is 93.7 cm³/mol. The van der Waals surface area contributed by atoms with Crippen molar-refractivity contribution in [1.82, 2.24) is 4.57 Å². The molecule has 1 aromatic heterocycles. The zero-order chi connectivity index (χ0) is 16.9. The van der Waals surface area contributed by atoms with Crippen LogP contribution in [0, 0.1) is 5.82 Å². The number of halogens is 2. The average Bonchev–Trinajstić information content (AvgIpc) is 3.09. The van der Waals surface area contributed by atoms with Gasteiger partial charge in [-0.3, -0.25) is 4.79 Å². The molecule has 122 valence electrons. The number of anilines is 1. The van der Waals surface area contributed by atoms with E-state index in [0.717, 1.165) is 5.56 Å². The minimum absolute atomic E-state index is 0.153. The van der Waals surface area contributed by atoms with E-state index in [4.69, 9.17) is 11.6 Å². The molecule has 5 heteroatoms. The second-order valence-corrected chi connectivity index (χ2v) is 5.90. The van der Waals surface area contributed by atoms with Crippen molar-refractivity contribution in [2.45, 2.75) is 12.5 Å². The maximum Gasteiger partial charge on any atom is 0.226 e. The molecule has 1 atom stereocenters. The fourth-order valence-electron chi connectivity index (χ4n) is 2.59. The molecule has 1 N–H and O–H groups in total. The molecule has 0 radical (unpaired) electrons. The molecule has 0 spiro atoms. The normalized spacial score (nSPS) is 11.9. The summed E-state index contributed by atoms with van der Waals surface area (Å²) in [6.07, 6.45) is 3.93. The van der Waals surface area contributed by atoms with Crippen molar-refractivity contribution in [2.24, 2.45) is 0 Å². The number of aromatic nitrogens is 1. The van der Waals surface area contributed by atoms with Gasteiger partial charge in [-0.05, 0) is 54.1 Å². The quantitative estimate of drug-likeness (QED) is 0.703. The highest BCUT2D eigenvalue weighted by Crippen LogP contribution is 2.24. The summed E-state index contributed by atoms with van der Waals surface area (Å²) in [5, 5.41) is 3.45. The van der Waals surface area contributed by atoms with Gasteiger partial charge in [0.2, 0.25) is 5.91 Å². The molecule has 0 bridgehead atoms. The Morgan fingerprint density at radius 2 is 1.79 bits per heavy atom. The van der Waals surface area contributed by atoms with Crippen molar-refractivity contribution in [3.8, 4) is 0 Å². The third-order valence-corrected chi connectivity index (χ3v) is 3.98. The maximum atomic E-state index is 13.6. The molecule has 1 amide bonds. The number of rotatable bonds is 5. The average molecular weight is 343 g/mol. The summed E-state index contributed by atoms with van der Waals surface area (Å²) in [6.45, 7) is 0. The van der Waals surface area contributed by atoms with Crippen molar-refractivity contribution in [1.29, 1.82) is 0 Å². The van der Waals surface area contributed by atoms with E-state index in [0.29, 0.717) is 10.7 Å². The van der Waals surface area contributed by atoms with E-state index in [2.05, 4.69) is 5.32 Å². The second-order valence-electron chi connectivity index (χ2n) is 5.46. The van der Waals surface area contributed by atoms with Crippen LogP contribution in [0.25, 0.3) is 0 Å². The molecular formula is C19H16ClFN2O.